The van der Waals surface area contributed by atoms with Crippen LogP contribution in [-0.2, 0) is 17.4 Å². The van der Waals surface area contributed by atoms with E-state index in [4.69, 9.17) is 4.74 Å². The number of nitrogens with zero attached hydrogens (tertiary/aromatic N) is 1. The minimum atomic E-state index is -4.35. The fraction of sp³-hybridized carbons (Fsp3) is 0.269. The van der Waals surface area contributed by atoms with Crippen LogP contribution in [0.5, 0.6) is 5.75 Å². The topological polar surface area (TPSA) is 41.6 Å². The number of nitrogens with one attached hydrogen (secondary N) is 1. The van der Waals surface area contributed by atoms with Crippen LogP contribution < -0.4 is 15.0 Å². The van der Waals surface area contributed by atoms with Crippen LogP contribution >= 0.6 is 0 Å². The lowest BCUT2D eigenvalue weighted by Crippen LogP contribution is -2.40. The summed E-state index contributed by atoms with van der Waals surface area (Å²) in [5, 5.41) is 2.75. The maximum atomic E-state index is 12.9. The van der Waals surface area contributed by atoms with E-state index in [2.05, 4.69) is 5.32 Å². The van der Waals surface area contributed by atoms with Crippen molar-refractivity contribution in [1.82, 2.24) is 5.32 Å². The van der Waals surface area contributed by atoms with E-state index in [1.807, 2.05) is 59.5 Å². The molecule has 1 amide bonds. The Balaban J connectivity index is 1.84. The molecule has 174 valence electrons. The molecular weight excluding hydrogens is 429 g/mol. The number of carbonyl (C=O) groups excluding carboxylic acids is 1. The van der Waals surface area contributed by atoms with E-state index >= 15 is 0 Å². The summed E-state index contributed by atoms with van der Waals surface area (Å²) >= 11 is 0. The van der Waals surface area contributed by atoms with Crippen molar-refractivity contribution in [2.75, 3.05) is 25.6 Å². The quantitative estimate of drug-likeness (QED) is 0.453. The van der Waals surface area contributed by atoms with Crippen molar-refractivity contribution in [2.45, 2.75) is 25.1 Å². The van der Waals surface area contributed by atoms with Gasteiger partial charge in [0.15, 0.2) is 0 Å². The van der Waals surface area contributed by atoms with E-state index in [9.17, 15) is 18.0 Å². The van der Waals surface area contributed by atoms with Crippen molar-refractivity contribution < 1.29 is 22.7 Å². The Morgan fingerprint density at radius 2 is 1.61 bits per heavy atom. The third-order valence-electron chi connectivity index (χ3n) is 5.47. The minimum Gasteiger partial charge on any atom is -0.497 e. The van der Waals surface area contributed by atoms with Crippen molar-refractivity contribution in [3.05, 3.63) is 95.6 Å². The van der Waals surface area contributed by atoms with E-state index in [1.165, 1.54) is 12.1 Å². The summed E-state index contributed by atoms with van der Waals surface area (Å²) in [6.45, 7) is 0.528. The Morgan fingerprint density at radius 1 is 0.970 bits per heavy atom. The largest absolute Gasteiger partial charge is 0.497 e. The van der Waals surface area contributed by atoms with Gasteiger partial charge in [-0.3, -0.25) is 4.79 Å². The zero-order chi connectivity index (χ0) is 23.8. The zero-order valence-electron chi connectivity index (χ0n) is 18.6. The smallest absolute Gasteiger partial charge is 0.416 e. The minimum absolute atomic E-state index is 0.147. The maximum Gasteiger partial charge on any atom is 0.416 e. The number of carbonyl (C=O) groups is 1. The van der Waals surface area contributed by atoms with Crippen LogP contribution in [0.25, 0.3) is 0 Å². The fourth-order valence-electron chi connectivity index (χ4n) is 3.74. The molecule has 1 atom stereocenters. The van der Waals surface area contributed by atoms with Crippen molar-refractivity contribution >= 4 is 11.6 Å². The molecule has 0 fully saturated rings. The highest BCUT2D eigenvalue weighted by Crippen LogP contribution is 2.31. The van der Waals surface area contributed by atoms with E-state index in [0.29, 0.717) is 25.1 Å². The van der Waals surface area contributed by atoms with Gasteiger partial charge in [-0.25, -0.2) is 0 Å². The molecule has 0 bridgehead atoms. The van der Waals surface area contributed by atoms with E-state index in [0.717, 1.165) is 28.9 Å². The summed E-state index contributed by atoms with van der Waals surface area (Å²) in [6, 6.07) is 21.6. The number of aryl methyl sites for hydroxylation is 1. The lowest BCUT2D eigenvalue weighted by molar-refractivity contribution is -0.137. The van der Waals surface area contributed by atoms with E-state index in [-0.39, 0.29) is 5.91 Å². The summed E-state index contributed by atoms with van der Waals surface area (Å²) in [5.41, 5.74) is 1.85. The molecule has 0 heterocycles. The van der Waals surface area contributed by atoms with Crippen molar-refractivity contribution in [3.63, 3.8) is 0 Å². The van der Waals surface area contributed by atoms with Crippen LogP contribution in [0.15, 0.2) is 78.9 Å². The molecule has 3 aromatic carbocycles. The number of alkyl halides is 3. The highest BCUT2D eigenvalue weighted by Gasteiger charge is 2.30. The van der Waals surface area contributed by atoms with Crippen LogP contribution in [0.1, 0.15) is 29.2 Å². The molecule has 0 aliphatic heterocycles. The summed E-state index contributed by atoms with van der Waals surface area (Å²) in [5.74, 6) is 0.561. The third-order valence-corrected chi connectivity index (χ3v) is 5.47. The first-order valence-corrected chi connectivity index (χ1v) is 10.7. The molecule has 0 aliphatic rings. The van der Waals surface area contributed by atoms with Crippen LogP contribution in [0.3, 0.4) is 0 Å². The molecule has 33 heavy (non-hydrogen) atoms. The van der Waals surface area contributed by atoms with Gasteiger partial charge in [0.2, 0.25) is 5.91 Å². The second-order valence-corrected chi connectivity index (χ2v) is 7.62. The van der Waals surface area contributed by atoms with Gasteiger partial charge < -0.3 is 15.0 Å². The summed E-state index contributed by atoms with van der Waals surface area (Å²) in [7, 11) is 3.20. The normalized spacial score (nSPS) is 12.2. The van der Waals surface area contributed by atoms with Gasteiger partial charge in [-0.1, -0.05) is 42.5 Å². The van der Waals surface area contributed by atoms with Gasteiger partial charge in [0.05, 0.1) is 12.7 Å². The monoisotopic (exact) mass is 456 g/mol. The summed E-state index contributed by atoms with van der Waals surface area (Å²) in [6.07, 6.45) is -3.11. The van der Waals surface area contributed by atoms with Crippen molar-refractivity contribution in [3.8, 4) is 5.75 Å². The predicted octanol–water partition coefficient (Wildman–Crippen LogP) is 5.64. The molecule has 0 saturated heterocycles. The van der Waals surface area contributed by atoms with Gasteiger partial charge in [0, 0.05) is 19.3 Å². The number of methoxy groups -OCH3 is 1. The number of likely N-dealkylation sites (N-methyl/N-ethyl adjacent to an activating group) is 1. The van der Waals surface area contributed by atoms with E-state index < -0.39 is 17.8 Å². The molecule has 0 saturated carbocycles. The second-order valence-electron chi connectivity index (χ2n) is 7.62. The lowest BCUT2D eigenvalue weighted by atomic mass is 10.0. The van der Waals surface area contributed by atoms with Gasteiger partial charge >= 0.3 is 6.18 Å². The Morgan fingerprint density at radius 3 is 2.15 bits per heavy atom. The Labute approximate surface area is 192 Å². The molecule has 3 rings (SSSR count). The van der Waals surface area contributed by atoms with Gasteiger partial charge in [0.25, 0.3) is 0 Å². The Bertz CT molecular complexity index is 1020. The van der Waals surface area contributed by atoms with Crippen LogP contribution in [-0.4, -0.2) is 26.6 Å². The van der Waals surface area contributed by atoms with Crippen LogP contribution in [0, 0.1) is 0 Å². The second kappa shape index (κ2) is 10.9. The number of halogens is 3. The highest BCUT2D eigenvalue weighted by molar-refractivity contribution is 5.86. The molecular formula is C26H27F3N2O2. The molecule has 7 heteroatoms. The molecule has 0 radical (unpaired) electrons. The van der Waals surface area contributed by atoms with Gasteiger partial charge in [-0.2, -0.15) is 13.2 Å². The SMILES string of the molecule is CNC(=O)[C@H](c1ccccc1)N(CCCc1ccc(C(F)(F)F)cc1)c1ccc(OC)cc1. The summed E-state index contributed by atoms with van der Waals surface area (Å²) < 4.78 is 43.7. The average Bonchev–Trinajstić information content (AvgIpc) is 2.83. The number of hydrogen-bond acceptors (Lipinski definition) is 3. The molecule has 0 aromatic heterocycles. The number of anilines is 1. The first kappa shape index (κ1) is 24.2. The molecule has 1 N–H and O–H groups in total. The molecule has 0 aliphatic carbocycles. The Kier molecular flexibility index (Phi) is 7.98. The van der Waals surface area contributed by atoms with E-state index in [1.54, 1.807) is 14.2 Å². The lowest BCUT2D eigenvalue weighted by Gasteiger charge is -2.33. The standard InChI is InChI=1S/C26H27F3N2O2/c1-30-25(32)24(20-8-4-3-5-9-20)31(22-14-16-23(33-2)17-15-22)18-6-7-19-10-12-21(13-11-19)26(27,28)29/h3-5,8-17,24H,6-7,18H2,1-2H3,(H,30,32)/t24-/m0/s1. The average molecular weight is 457 g/mol. The van der Waals surface area contributed by atoms with Crippen LogP contribution in [0.4, 0.5) is 18.9 Å². The zero-order valence-corrected chi connectivity index (χ0v) is 18.6. The Hall–Kier alpha value is -3.48. The fourth-order valence-corrected chi connectivity index (χ4v) is 3.74. The third kappa shape index (κ3) is 6.28. The first-order valence-electron chi connectivity index (χ1n) is 10.7. The number of benzene rings is 3. The number of rotatable bonds is 9. The maximum absolute atomic E-state index is 12.9. The molecule has 4 nitrogen and oxygen atoms in total. The summed E-state index contributed by atoms with van der Waals surface area (Å²) in [4.78, 5) is 14.9. The number of amides is 1. The van der Waals surface area contributed by atoms with Crippen molar-refractivity contribution in [1.29, 1.82) is 0 Å². The van der Waals surface area contributed by atoms with Crippen molar-refractivity contribution in [2.24, 2.45) is 0 Å². The number of hydrogen-bond donors (Lipinski definition) is 1. The first-order chi connectivity index (χ1) is 15.8. The molecule has 0 spiro atoms. The molecule has 3 aromatic rings. The van der Waals surface area contributed by atoms with Crippen LogP contribution in [0.2, 0.25) is 0 Å². The van der Waals surface area contributed by atoms with Gasteiger partial charge in [-0.05, 0) is 60.4 Å². The van der Waals surface area contributed by atoms with Gasteiger partial charge in [-0.15, -0.1) is 0 Å². The number of ether oxygens (including phenoxy) is 1. The van der Waals surface area contributed by atoms with Gasteiger partial charge in [0.1, 0.15) is 11.8 Å². The molecule has 0 unspecified atom stereocenters. The highest BCUT2D eigenvalue weighted by atomic mass is 19.4. The predicted molar refractivity (Wildman–Crippen MR) is 123 cm³/mol.